The third-order valence-electron chi connectivity index (χ3n) is 6.05. The highest BCUT2D eigenvalue weighted by Gasteiger charge is 2.26. The van der Waals surface area contributed by atoms with Gasteiger partial charge in [0.25, 0.3) is 5.91 Å². The molecule has 1 aliphatic rings. The van der Waals surface area contributed by atoms with Crippen LogP contribution >= 0.6 is 0 Å². The summed E-state index contributed by atoms with van der Waals surface area (Å²) in [5.74, 6) is 1.43. The van der Waals surface area contributed by atoms with E-state index in [-0.39, 0.29) is 11.8 Å². The van der Waals surface area contributed by atoms with Crippen molar-refractivity contribution in [1.82, 2.24) is 19.5 Å². The number of carbonyl (C=O) groups excluding carboxylic acids is 1. The lowest BCUT2D eigenvalue weighted by atomic mass is 9.99. The van der Waals surface area contributed by atoms with Crippen LogP contribution < -0.4 is 10.1 Å². The Hall–Kier alpha value is -3.91. The molecular formula is C26H27N5O3. The van der Waals surface area contributed by atoms with Gasteiger partial charge >= 0.3 is 0 Å². The van der Waals surface area contributed by atoms with E-state index >= 15 is 0 Å². The first-order valence-electron chi connectivity index (χ1n) is 11.4. The zero-order valence-corrected chi connectivity index (χ0v) is 19.1. The van der Waals surface area contributed by atoms with E-state index in [0.717, 1.165) is 23.4 Å². The molecule has 4 heterocycles. The minimum Gasteiger partial charge on any atom is -0.497 e. The smallest absolute Gasteiger partial charge is 0.257 e. The average molecular weight is 458 g/mol. The molecule has 1 saturated heterocycles. The molecule has 1 fully saturated rings. The first-order valence-corrected chi connectivity index (χ1v) is 11.4. The van der Waals surface area contributed by atoms with Gasteiger partial charge in [0, 0.05) is 43.3 Å². The number of aromatic nitrogens is 3. The fraction of sp³-hybridized carbons (Fsp3) is 0.269. The number of amides is 1. The lowest BCUT2D eigenvalue weighted by Crippen LogP contribution is -2.36. The predicted octanol–water partition coefficient (Wildman–Crippen LogP) is 3.81. The number of benzene rings is 1. The fourth-order valence-corrected chi connectivity index (χ4v) is 4.34. The molecule has 1 N–H and O–H groups in total. The normalized spacial score (nSPS) is 16.3. The van der Waals surface area contributed by atoms with Crippen molar-refractivity contribution >= 4 is 22.9 Å². The van der Waals surface area contributed by atoms with Gasteiger partial charge in [-0.2, -0.15) is 5.10 Å². The van der Waals surface area contributed by atoms with Gasteiger partial charge in [-0.15, -0.1) is 0 Å². The number of nitrogens with one attached hydrogen (secondary N) is 1. The summed E-state index contributed by atoms with van der Waals surface area (Å²) in [5.41, 5.74) is 3.66. The van der Waals surface area contributed by atoms with Gasteiger partial charge in [0.2, 0.25) is 0 Å². The minimum atomic E-state index is -0.0535. The number of hydrogen-bond acceptors (Lipinski definition) is 6. The molecule has 1 aromatic carbocycles. The molecule has 5 rings (SSSR count). The minimum absolute atomic E-state index is 0.0535. The maximum Gasteiger partial charge on any atom is 0.257 e. The average Bonchev–Trinajstić information content (AvgIpc) is 3.24. The molecule has 1 unspecified atom stereocenters. The Balaban J connectivity index is 1.34. The molecule has 1 amide bonds. The third-order valence-corrected chi connectivity index (χ3v) is 6.05. The highest BCUT2D eigenvalue weighted by molar-refractivity contribution is 5.99. The predicted molar refractivity (Wildman–Crippen MR) is 130 cm³/mol. The largest absolute Gasteiger partial charge is 0.497 e. The number of carbonyl (C=O) groups is 1. The molecule has 3 aromatic heterocycles. The van der Waals surface area contributed by atoms with Gasteiger partial charge in [0.15, 0.2) is 0 Å². The van der Waals surface area contributed by atoms with Crippen LogP contribution in [0.1, 0.15) is 15.9 Å². The van der Waals surface area contributed by atoms with Gasteiger partial charge in [0.1, 0.15) is 11.6 Å². The van der Waals surface area contributed by atoms with Crippen molar-refractivity contribution in [2.45, 2.75) is 6.42 Å². The van der Waals surface area contributed by atoms with Crippen LogP contribution in [0.2, 0.25) is 0 Å². The van der Waals surface area contributed by atoms with E-state index in [1.807, 2.05) is 58.1 Å². The summed E-state index contributed by atoms with van der Waals surface area (Å²) in [6.45, 7) is 2.29. The second-order valence-corrected chi connectivity index (χ2v) is 8.34. The molecule has 0 spiro atoms. The monoisotopic (exact) mass is 457 g/mol. The van der Waals surface area contributed by atoms with E-state index in [1.54, 1.807) is 25.6 Å². The summed E-state index contributed by atoms with van der Waals surface area (Å²) < 4.78 is 13.0. The summed E-state index contributed by atoms with van der Waals surface area (Å²) in [5, 5.41) is 7.60. The second kappa shape index (κ2) is 9.93. The number of nitrogens with zero attached hydrogens (tertiary/aromatic N) is 4. The Morgan fingerprint density at radius 3 is 2.88 bits per heavy atom. The van der Waals surface area contributed by atoms with Crippen molar-refractivity contribution < 1.29 is 14.3 Å². The molecule has 8 nitrogen and oxygen atoms in total. The molecule has 0 saturated carbocycles. The van der Waals surface area contributed by atoms with E-state index in [4.69, 9.17) is 9.47 Å². The van der Waals surface area contributed by atoms with Crippen LogP contribution in [0, 0.1) is 5.92 Å². The molecule has 34 heavy (non-hydrogen) atoms. The van der Waals surface area contributed by atoms with E-state index in [2.05, 4.69) is 21.5 Å². The third kappa shape index (κ3) is 4.72. The number of hydrogen-bond donors (Lipinski definition) is 1. The zero-order valence-electron chi connectivity index (χ0n) is 19.1. The quantitative estimate of drug-likeness (QED) is 0.474. The molecular weight excluding hydrogens is 430 g/mol. The lowest BCUT2D eigenvalue weighted by molar-refractivity contribution is 0.0738. The summed E-state index contributed by atoms with van der Waals surface area (Å²) in [6.07, 6.45) is 6.24. The van der Waals surface area contributed by atoms with Gasteiger partial charge in [-0.1, -0.05) is 6.07 Å². The van der Waals surface area contributed by atoms with Crippen molar-refractivity contribution in [3.05, 3.63) is 84.3 Å². The van der Waals surface area contributed by atoms with Gasteiger partial charge < -0.3 is 19.7 Å². The number of methoxy groups -OCH3 is 1. The van der Waals surface area contributed by atoms with Crippen LogP contribution in [0.15, 0.2) is 73.2 Å². The number of anilines is 2. The number of fused-ring (bicyclic) bond motifs is 1. The van der Waals surface area contributed by atoms with Crippen LogP contribution in [0.25, 0.3) is 5.52 Å². The van der Waals surface area contributed by atoms with E-state index in [9.17, 15) is 4.79 Å². The molecule has 4 aromatic rings. The number of pyridine rings is 2. The van der Waals surface area contributed by atoms with Crippen molar-refractivity contribution in [3.63, 3.8) is 0 Å². The molecule has 8 heteroatoms. The molecule has 0 radical (unpaired) electrons. The fourth-order valence-electron chi connectivity index (χ4n) is 4.34. The Kier molecular flexibility index (Phi) is 6.40. The van der Waals surface area contributed by atoms with Crippen molar-refractivity contribution in [2.75, 3.05) is 38.7 Å². The van der Waals surface area contributed by atoms with Crippen molar-refractivity contribution in [1.29, 1.82) is 0 Å². The summed E-state index contributed by atoms with van der Waals surface area (Å²) >= 11 is 0. The highest BCUT2D eigenvalue weighted by atomic mass is 16.5. The second-order valence-electron chi connectivity index (χ2n) is 8.34. The maximum absolute atomic E-state index is 13.6. The summed E-state index contributed by atoms with van der Waals surface area (Å²) in [6, 6.07) is 17.3. The molecule has 0 aliphatic carbocycles. The van der Waals surface area contributed by atoms with E-state index in [0.29, 0.717) is 37.7 Å². The summed E-state index contributed by atoms with van der Waals surface area (Å²) in [4.78, 5) is 19.9. The van der Waals surface area contributed by atoms with Crippen molar-refractivity contribution in [2.24, 2.45) is 5.92 Å². The topological polar surface area (TPSA) is 81.0 Å². The molecule has 0 bridgehead atoms. The Labute approximate surface area is 198 Å². The first-order chi connectivity index (χ1) is 16.7. The van der Waals surface area contributed by atoms with Crippen LogP contribution in [-0.2, 0) is 11.2 Å². The Bertz CT molecular complexity index is 1270. The summed E-state index contributed by atoms with van der Waals surface area (Å²) in [7, 11) is 1.63. The Morgan fingerprint density at radius 1 is 1.15 bits per heavy atom. The van der Waals surface area contributed by atoms with Crippen molar-refractivity contribution in [3.8, 4) is 5.75 Å². The maximum atomic E-state index is 13.6. The van der Waals surface area contributed by atoms with Crippen LogP contribution in [0.5, 0.6) is 5.75 Å². The lowest BCUT2D eigenvalue weighted by Gasteiger charge is -2.25. The molecule has 174 valence electrons. The molecule has 1 aliphatic heterocycles. The Morgan fingerprint density at radius 2 is 2.03 bits per heavy atom. The van der Waals surface area contributed by atoms with Gasteiger partial charge in [-0.05, 0) is 60.5 Å². The standard InChI is InChI=1S/C26H27N5O3/c1-33-22-8-6-21(7-9-22)29-25-23(5-2-11-27-25)26(32)30-14-15-34-18-19(17-30)16-20-4-3-13-31-24(20)10-12-28-31/h2-13,19H,14-18H2,1H3,(H,27,29). The van der Waals surface area contributed by atoms with E-state index in [1.165, 1.54) is 5.56 Å². The SMILES string of the molecule is COc1ccc(Nc2ncccc2C(=O)N2CCOCC(Cc3cccn4nccc34)C2)cc1. The molecule has 1 atom stereocenters. The van der Waals surface area contributed by atoms with Gasteiger partial charge in [-0.3, -0.25) is 4.79 Å². The van der Waals surface area contributed by atoms with E-state index < -0.39 is 0 Å². The first kappa shape index (κ1) is 21.9. The number of ether oxygens (including phenoxy) is 2. The van der Waals surface area contributed by atoms with Crippen LogP contribution in [0.4, 0.5) is 11.5 Å². The van der Waals surface area contributed by atoms with Crippen LogP contribution in [0.3, 0.4) is 0 Å². The van der Waals surface area contributed by atoms with Gasteiger partial charge in [-0.25, -0.2) is 9.50 Å². The highest BCUT2D eigenvalue weighted by Crippen LogP contribution is 2.24. The van der Waals surface area contributed by atoms with Gasteiger partial charge in [0.05, 0.1) is 31.4 Å². The zero-order chi connectivity index (χ0) is 23.3. The number of rotatable bonds is 6. The van der Waals surface area contributed by atoms with Crippen LogP contribution in [-0.4, -0.2) is 58.8 Å².